The Balaban J connectivity index is 0.000000588. The zero-order chi connectivity index (χ0) is 24.6. The topological polar surface area (TPSA) is 104 Å². The number of benzene rings is 2. The fourth-order valence-electron chi connectivity index (χ4n) is 3.61. The van der Waals surface area contributed by atoms with E-state index < -0.39 is 10.2 Å². The van der Waals surface area contributed by atoms with Crippen molar-refractivity contribution in [2.24, 2.45) is 0 Å². The molecule has 0 atom stereocenters. The first kappa shape index (κ1) is 25.4. The van der Waals surface area contributed by atoms with Gasteiger partial charge in [0.2, 0.25) is 0 Å². The lowest BCUT2D eigenvalue weighted by Crippen LogP contribution is -2.68. The molecule has 0 bridgehead atoms. The predicted molar refractivity (Wildman–Crippen MR) is 122 cm³/mol. The van der Waals surface area contributed by atoms with Crippen LogP contribution in [0.3, 0.4) is 0 Å². The number of allylic oxidation sites excluding steroid dienone is 8. The highest BCUT2D eigenvalue weighted by atomic mass is 35.7. The molecule has 0 amide bonds. The van der Waals surface area contributed by atoms with Crippen LogP contribution in [0.2, 0.25) is 0 Å². The Morgan fingerprint density at radius 2 is 1.06 bits per heavy atom. The van der Waals surface area contributed by atoms with E-state index in [9.17, 15) is 0 Å². The van der Waals surface area contributed by atoms with Gasteiger partial charge in [0.15, 0.2) is 5.71 Å². The van der Waals surface area contributed by atoms with E-state index in [1.54, 1.807) is 0 Å². The fourth-order valence-corrected chi connectivity index (χ4v) is 3.61. The normalized spacial score (nSPS) is 15.2. The molecule has 176 valence electrons. The van der Waals surface area contributed by atoms with Crippen LogP contribution >= 0.6 is 0 Å². The summed E-state index contributed by atoms with van der Waals surface area (Å²) in [5.74, 6) is 1.74. The van der Waals surface area contributed by atoms with E-state index in [1.165, 1.54) is 11.3 Å². The van der Waals surface area contributed by atoms with Crippen molar-refractivity contribution in [2.45, 2.75) is 13.8 Å². The maximum Gasteiger partial charge on any atom is 0.199 e. The fraction of sp³-hybridized carbons (Fsp3) is 0.148. The van der Waals surface area contributed by atoms with Gasteiger partial charge in [-0.3, -0.25) is 0 Å². The molecule has 1 aliphatic heterocycles. The lowest BCUT2D eigenvalue weighted by Gasteiger charge is -2.20. The smallest absolute Gasteiger partial charge is 0.199 e. The summed E-state index contributed by atoms with van der Waals surface area (Å²) in [6.45, 7) is 6.40. The Hall–Kier alpha value is -3.26. The SMILES string of the molecule is CC[N+](CC)=C1C=CC(=C2C=C(c3ccccc3)OC(c3ccccc3)=C2)C=C1.[O-][Cl+3]([O-])([O-])[O-]. The summed E-state index contributed by atoms with van der Waals surface area (Å²) in [6.07, 6.45) is 13.1. The average Bonchev–Trinajstić information content (AvgIpc) is 2.85. The molecular formula is C27H26ClNO5. The summed E-state index contributed by atoms with van der Waals surface area (Å²) in [4.78, 5) is 0. The molecule has 0 spiro atoms. The van der Waals surface area contributed by atoms with Gasteiger partial charge in [-0.25, -0.2) is 23.2 Å². The third-order valence-electron chi connectivity index (χ3n) is 5.24. The second-order valence-corrected chi connectivity index (χ2v) is 8.16. The molecule has 0 saturated heterocycles. The summed E-state index contributed by atoms with van der Waals surface area (Å²) in [5, 5.41) is 0. The molecule has 6 nitrogen and oxygen atoms in total. The molecule has 0 saturated carbocycles. The first-order valence-corrected chi connectivity index (χ1v) is 12.1. The quantitative estimate of drug-likeness (QED) is 0.614. The van der Waals surface area contributed by atoms with Gasteiger partial charge in [0, 0.05) is 23.3 Å². The molecule has 0 fully saturated rings. The van der Waals surface area contributed by atoms with Crippen molar-refractivity contribution in [3.05, 3.63) is 119 Å². The monoisotopic (exact) mass is 479 g/mol. The number of hydrogen-bond donors (Lipinski definition) is 0. The highest BCUT2D eigenvalue weighted by Crippen LogP contribution is 2.33. The Morgan fingerprint density at radius 1 is 0.647 bits per heavy atom. The van der Waals surface area contributed by atoms with Crippen molar-refractivity contribution in [3.8, 4) is 0 Å². The minimum atomic E-state index is -4.94. The Kier molecular flexibility index (Phi) is 8.76. The van der Waals surface area contributed by atoms with E-state index in [-0.39, 0.29) is 0 Å². The van der Waals surface area contributed by atoms with Gasteiger partial charge in [-0.2, -0.15) is 0 Å². The molecule has 0 radical (unpaired) electrons. The second kappa shape index (κ2) is 11.7. The van der Waals surface area contributed by atoms with Crippen LogP contribution in [-0.4, -0.2) is 23.4 Å². The van der Waals surface area contributed by atoms with Crippen LogP contribution in [0.15, 0.2) is 108 Å². The van der Waals surface area contributed by atoms with Gasteiger partial charge in [-0.05, 0) is 49.3 Å². The van der Waals surface area contributed by atoms with Crippen LogP contribution in [0.4, 0.5) is 0 Å². The third-order valence-corrected chi connectivity index (χ3v) is 5.24. The van der Waals surface area contributed by atoms with Crippen LogP contribution < -0.4 is 18.6 Å². The Bertz CT molecular complexity index is 1080. The zero-order valence-electron chi connectivity index (χ0n) is 19.0. The lowest BCUT2D eigenvalue weighted by molar-refractivity contribution is -2.00. The molecule has 4 rings (SSSR count). The van der Waals surface area contributed by atoms with E-state index in [0.717, 1.165) is 41.3 Å². The van der Waals surface area contributed by atoms with Gasteiger partial charge in [0.25, 0.3) is 0 Å². The van der Waals surface area contributed by atoms with Crippen molar-refractivity contribution >= 4 is 17.2 Å². The van der Waals surface area contributed by atoms with Crippen molar-refractivity contribution in [1.82, 2.24) is 0 Å². The molecule has 7 heteroatoms. The molecule has 2 aromatic rings. The lowest BCUT2D eigenvalue weighted by atomic mass is 9.97. The molecule has 1 heterocycles. The van der Waals surface area contributed by atoms with Crippen LogP contribution in [0, 0.1) is 10.2 Å². The predicted octanol–water partition coefficient (Wildman–Crippen LogP) is 1.26. The van der Waals surface area contributed by atoms with Crippen LogP contribution in [0.25, 0.3) is 11.5 Å². The van der Waals surface area contributed by atoms with Crippen molar-refractivity contribution in [1.29, 1.82) is 0 Å². The molecule has 0 N–H and O–H groups in total. The molecule has 1 aliphatic carbocycles. The minimum absolute atomic E-state index is 0.870. The summed E-state index contributed by atoms with van der Waals surface area (Å²) in [6, 6.07) is 20.5. The number of halogens is 1. The van der Waals surface area contributed by atoms with Crippen LogP contribution in [0.1, 0.15) is 25.0 Å². The third kappa shape index (κ3) is 7.38. The van der Waals surface area contributed by atoms with E-state index in [2.05, 4.69) is 79.1 Å². The van der Waals surface area contributed by atoms with Crippen molar-refractivity contribution < 1.29 is 38.2 Å². The number of nitrogens with zero attached hydrogens (tertiary/aromatic N) is 1. The molecule has 2 aromatic carbocycles. The molecular weight excluding hydrogens is 454 g/mol. The average molecular weight is 480 g/mol. The largest absolute Gasteiger partial charge is 0.456 e. The van der Waals surface area contributed by atoms with Gasteiger partial charge in [0.05, 0.1) is 0 Å². The Morgan fingerprint density at radius 3 is 1.44 bits per heavy atom. The second-order valence-electron chi connectivity index (χ2n) is 7.40. The number of hydrogen-bond acceptors (Lipinski definition) is 5. The number of rotatable bonds is 4. The highest BCUT2D eigenvalue weighted by molar-refractivity contribution is 6.02. The molecule has 2 aliphatic rings. The maximum absolute atomic E-state index is 8.49. The van der Waals surface area contributed by atoms with E-state index >= 15 is 0 Å². The summed E-state index contributed by atoms with van der Waals surface area (Å²) in [5.41, 5.74) is 5.75. The van der Waals surface area contributed by atoms with Crippen LogP contribution in [-0.2, 0) is 4.74 Å². The summed E-state index contributed by atoms with van der Waals surface area (Å²) >= 11 is 0. The zero-order valence-corrected chi connectivity index (χ0v) is 19.8. The molecule has 34 heavy (non-hydrogen) atoms. The molecule has 0 aromatic heterocycles. The van der Waals surface area contributed by atoms with E-state index in [4.69, 9.17) is 23.4 Å². The van der Waals surface area contributed by atoms with Crippen LogP contribution in [0.5, 0.6) is 0 Å². The van der Waals surface area contributed by atoms with Gasteiger partial charge >= 0.3 is 0 Å². The van der Waals surface area contributed by atoms with Gasteiger partial charge in [-0.1, -0.05) is 60.7 Å². The summed E-state index contributed by atoms with van der Waals surface area (Å²) < 4.78 is 42.6. The first-order chi connectivity index (χ1) is 16.3. The first-order valence-electron chi connectivity index (χ1n) is 10.8. The molecule has 0 unspecified atom stereocenters. The van der Waals surface area contributed by atoms with Crippen molar-refractivity contribution in [2.75, 3.05) is 13.1 Å². The number of ether oxygens (including phenoxy) is 1. The minimum Gasteiger partial charge on any atom is -0.456 e. The van der Waals surface area contributed by atoms with E-state index in [1.807, 2.05) is 36.4 Å². The van der Waals surface area contributed by atoms with E-state index in [0.29, 0.717) is 0 Å². The standard InChI is InChI=1S/C27H26NO.ClHO4/c1-3-28(4-2)25-17-15-21(16-18-25)24-19-26(22-11-7-5-8-12-22)29-27(20-24)23-13-9-6-10-14-23;2-1(3,4)5/h5-20H,3-4H2,1-2H3;(H,2,3,4,5)/q+1;/p-1. The highest BCUT2D eigenvalue weighted by Gasteiger charge is 2.17. The summed E-state index contributed by atoms with van der Waals surface area (Å²) in [7, 11) is -4.94. The Labute approximate surface area is 201 Å². The maximum atomic E-state index is 8.49. The van der Waals surface area contributed by atoms with Gasteiger partial charge in [0.1, 0.15) is 24.6 Å². The van der Waals surface area contributed by atoms with Crippen molar-refractivity contribution in [3.63, 3.8) is 0 Å². The van der Waals surface area contributed by atoms with Gasteiger partial charge in [-0.15, -0.1) is 10.2 Å². The van der Waals surface area contributed by atoms with Gasteiger partial charge < -0.3 is 4.74 Å².